The average molecular weight is 407 g/mol. The van der Waals surface area contributed by atoms with Crippen LogP contribution in [0.25, 0.3) is 0 Å². The summed E-state index contributed by atoms with van der Waals surface area (Å²) in [6.45, 7) is 1.78. The van der Waals surface area contributed by atoms with Crippen molar-refractivity contribution in [1.82, 2.24) is 20.0 Å². The van der Waals surface area contributed by atoms with E-state index in [0.29, 0.717) is 17.7 Å². The molecule has 2 aliphatic rings. The predicted molar refractivity (Wildman–Crippen MR) is 105 cm³/mol. The number of amides is 1. The van der Waals surface area contributed by atoms with Crippen molar-refractivity contribution in [2.75, 3.05) is 24.6 Å². The Morgan fingerprint density at radius 2 is 2.11 bits per heavy atom. The topological polar surface area (TPSA) is 50.2 Å². The predicted octanol–water partition coefficient (Wildman–Crippen LogP) is 2.53. The van der Waals surface area contributed by atoms with Crippen molar-refractivity contribution in [3.63, 3.8) is 0 Å². The number of carbonyl (C=O) groups excluding carboxylic acids is 1. The van der Waals surface area contributed by atoms with Gasteiger partial charge in [-0.1, -0.05) is 12.1 Å². The highest BCUT2D eigenvalue weighted by Gasteiger charge is 2.30. The van der Waals surface area contributed by atoms with E-state index in [1.54, 1.807) is 6.07 Å². The minimum absolute atomic E-state index is 0.00831. The molecule has 8 heteroatoms. The minimum atomic E-state index is -0.829. The molecule has 5 nitrogen and oxygen atoms in total. The summed E-state index contributed by atoms with van der Waals surface area (Å²) < 4.78 is 29.1. The summed E-state index contributed by atoms with van der Waals surface area (Å²) in [6, 6.07) is 4.33. The number of nitrogens with one attached hydrogen (secondary N) is 1. The smallest absolute Gasteiger partial charge is 0.274 e. The van der Waals surface area contributed by atoms with E-state index in [1.807, 2.05) is 28.4 Å². The summed E-state index contributed by atoms with van der Waals surface area (Å²) in [4.78, 5) is 14.9. The number of hydrogen-bond acceptors (Lipinski definition) is 4. The van der Waals surface area contributed by atoms with Crippen LogP contribution in [-0.4, -0.2) is 51.2 Å². The van der Waals surface area contributed by atoms with Crippen molar-refractivity contribution in [3.05, 3.63) is 52.3 Å². The Labute approximate surface area is 167 Å². The van der Waals surface area contributed by atoms with Gasteiger partial charge in [0.25, 0.3) is 5.91 Å². The number of benzene rings is 1. The van der Waals surface area contributed by atoms with Crippen molar-refractivity contribution in [1.29, 1.82) is 0 Å². The van der Waals surface area contributed by atoms with Gasteiger partial charge in [0.2, 0.25) is 0 Å². The second-order valence-electron chi connectivity index (χ2n) is 7.34. The molecule has 1 amide bonds. The second-order valence-corrected chi connectivity index (χ2v) is 8.56. The van der Waals surface area contributed by atoms with Crippen LogP contribution >= 0.6 is 11.8 Å². The van der Waals surface area contributed by atoms with Crippen LogP contribution in [0.1, 0.15) is 33.7 Å². The number of nitrogens with zero attached hydrogens (tertiary/aromatic N) is 3. The molecule has 1 fully saturated rings. The molecule has 1 aliphatic heterocycles. The van der Waals surface area contributed by atoms with Crippen molar-refractivity contribution >= 4 is 17.7 Å². The van der Waals surface area contributed by atoms with Crippen molar-refractivity contribution in [2.24, 2.45) is 7.05 Å². The molecule has 0 unspecified atom stereocenters. The van der Waals surface area contributed by atoms with Crippen LogP contribution < -0.4 is 5.32 Å². The summed E-state index contributed by atoms with van der Waals surface area (Å²) in [5.74, 6) is 0.305. The lowest BCUT2D eigenvalue weighted by Gasteiger charge is -2.27. The largest absolute Gasteiger partial charge is 0.336 e. The highest BCUT2D eigenvalue weighted by molar-refractivity contribution is 7.99. The lowest BCUT2D eigenvalue weighted by Crippen LogP contribution is -2.39. The molecule has 28 heavy (non-hydrogen) atoms. The van der Waals surface area contributed by atoms with Gasteiger partial charge in [-0.3, -0.25) is 9.48 Å². The van der Waals surface area contributed by atoms with Crippen LogP contribution in [0.15, 0.2) is 18.2 Å². The number of carbonyl (C=O) groups is 1. The summed E-state index contributed by atoms with van der Waals surface area (Å²) in [5, 5.41) is 7.86. The zero-order chi connectivity index (χ0) is 19.7. The highest BCUT2D eigenvalue weighted by atomic mass is 32.2. The number of halogens is 2. The molecule has 1 aromatic carbocycles. The minimum Gasteiger partial charge on any atom is -0.336 e. The summed E-state index contributed by atoms with van der Waals surface area (Å²) >= 11 is 1.87. The maximum absolute atomic E-state index is 13.9. The van der Waals surface area contributed by atoms with Crippen LogP contribution in [0.2, 0.25) is 0 Å². The normalized spacial score (nSPS) is 19.5. The summed E-state index contributed by atoms with van der Waals surface area (Å²) in [6.07, 6.45) is 2.35. The number of rotatable bonds is 4. The maximum Gasteiger partial charge on any atom is 0.274 e. The van der Waals surface area contributed by atoms with E-state index in [0.717, 1.165) is 54.8 Å². The molecular formula is C20H24F2N4OS. The molecule has 0 radical (unpaired) electrons. The number of fused-ring (bicyclic) bond motifs is 1. The Bertz CT molecular complexity index is 879. The standard InChI is InChI=1S/C20H24F2N4OS/c1-25-17-6-5-14(23-12-13-3-2-4-16(21)18(13)22)11-15(17)19(24-25)20(27)26-7-9-28-10-8-26/h2-4,14,23H,5-12H2,1H3/t14-/m0/s1. The first-order chi connectivity index (χ1) is 13.5. The Morgan fingerprint density at radius 3 is 2.89 bits per heavy atom. The molecule has 1 aliphatic carbocycles. The molecule has 1 saturated heterocycles. The van der Waals surface area contributed by atoms with Gasteiger partial charge in [-0.15, -0.1) is 0 Å². The lowest BCUT2D eigenvalue weighted by molar-refractivity contribution is 0.0764. The Balaban J connectivity index is 1.48. The highest BCUT2D eigenvalue weighted by Crippen LogP contribution is 2.26. The fourth-order valence-corrected chi connectivity index (χ4v) is 4.89. The Hall–Kier alpha value is -1.93. The fourth-order valence-electron chi connectivity index (χ4n) is 3.99. The Morgan fingerprint density at radius 1 is 1.32 bits per heavy atom. The van der Waals surface area contributed by atoms with Gasteiger partial charge in [0.15, 0.2) is 17.3 Å². The molecule has 2 heterocycles. The van der Waals surface area contributed by atoms with Crippen molar-refractivity contribution in [3.8, 4) is 0 Å². The van der Waals surface area contributed by atoms with Gasteiger partial charge in [-0.25, -0.2) is 8.78 Å². The SMILES string of the molecule is Cn1nc(C(=O)N2CCSCC2)c2c1CC[C@H](NCc1cccc(F)c1F)C2. The maximum atomic E-state index is 13.9. The third-order valence-electron chi connectivity index (χ3n) is 5.57. The van der Waals surface area contributed by atoms with Gasteiger partial charge in [0.05, 0.1) is 0 Å². The molecule has 0 saturated carbocycles. The number of hydrogen-bond donors (Lipinski definition) is 1. The molecule has 4 rings (SSSR count). The van der Waals surface area contributed by atoms with Gasteiger partial charge in [0.1, 0.15) is 0 Å². The summed E-state index contributed by atoms with van der Waals surface area (Å²) in [7, 11) is 1.89. The number of aromatic nitrogens is 2. The van der Waals surface area contributed by atoms with Crippen LogP contribution in [0, 0.1) is 11.6 Å². The van der Waals surface area contributed by atoms with Crippen molar-refractivity contribution in [2.45, 2.75) is 31.8 Å². The first-order valence-corrected chi connectivity index (χ1v) is 10.8. The van der Waals surface area contributed by atoms with Crippen molar-refractivity contribution < 1.29 is 13.6 Å². The van der Waals surface area contributed by atoms with Gasteiger partial charge >= 0.3 is 0 Å². The van der Waals surface area contributed by atoms with E-state index in [-0.39, 0.29) is 18.5 Å². The third kappa shape index (κ3) is 3.80. The van der Waals surface area contributed by atoms with Crippen LogP contribution in [0.5, 0.6) is 0 Å². The zero-order valence-corrected chi connectivity index (χ0v) is 16.7. The van der Waals surface area contributed by atoms with Gasteiger partial charge < -0.3 is 10.2 Å². The van der Waals surface area contributed by atoms with E-state index >= 15 is 0 Å². The second kappa shape index (κ2) is 8.21. The quantitative estimate of drug-likeness (QED) is 0.848. The zero-order valence-electron chi connectivity index (χ0n) is 15.9. The molecule has 150 valence electrons. The summed E-state index contributed by atoms with van der Waals surface area (Å²) in [5.41, 5.74) is 2.96. The third-order valence-corrected chi connectivity index (χ3v) is 6.51. The van der Waals surface area contributed by atoms with E-state index in [1.165, 1.54) is 6.07 Å². The first-order valence-electron chi connectivity index (χ1n) is 9.62. The van der Waals surface area contributed by atoms with E-state index in [2.05, 4.69) is 10.4 Å². The molecule has 1 N–H and O–H groups in total. The average Bonchev–Trinajstić information content (AvgIpc) is 3.05. The molecule has 2 aromatic rings. The first kappa shape index (κ1) is 19.4. The van der Waals surface area contributed by atoms with Gasteiger partial charge in [0, 0.05) is 61.1 Å². The molecule has 0 spiro atoms. The molecule has 0 bridgehead atoms. The fraction of sp³-hybridized carbons (Fsp3) is 0.500. The van der Waals surface area contributed by atoms with E-state index < -0.39 is 11.6 Å². The number of thioether (sulfide) groups is 1. The molecular weight excluding hydrogens is 382 g/mol. The van der Waals surface area contributed by atoms with Gasteiger partial charge in [-0.05, 0) is 25.3 Å². The van der Waals surface area contributed by atoms with Gasteiger partial charge in [-0.2, -0.15) is 16.9 Å². The Kier molecular flexibility index (Phi) is 5.68. The van der Waals surface area contributed by atoms with E-state index in [4.69, 9.17) is 0 Å². The van der Waals surface area contributed by atoms with Crippen LogP contribution in [-0.2, 0) is 26.4 Å². The molecule has 1 atom stereocenters. The molecule has 1 aromatic heterocycles. The van der Waals surface area contributed by atoms with Crippen LogP contribution in [0.4, 0.5) is 8.78 Å². The van der Waals surface area contributed by atoms with Crippen LogP contribution in [0.3, 0.4) is 0 Å². The monoisotopic (exact) mass is 406 g/mol. The number of aryl methyl sites for hydroxylation is 1. The lowest BCUT2D eigenvalue weighted by atomic mass is 9.91. The van der Waals surface area contributed by atoms with E-state index in [9.17, 15) is 13.6 Å².